The number of unbranched alkanes of at least 4 members (excludes halogenated alkanes) is 32. The minimum absolute atomic E-state index is 0.251. The van der Waals surface area contributed by atoms with Gasteiger partial charge in [0.15, 0.2) is 18.9 Å². The molecular weight excluding hydrogens is 1090 g/mol. The number of ether oxygens (including phenoxy) is 6. The lowest BCUT2D eigenvalue weighted by Gasteiger charge is -2.48. The van der Waals surface area contributed by atoms with Crippen molar-refractivity contribution in [2.75, 3.05) is 26.4 Å². The second-order valence-electron chi connectivity index (χ2n) is 24.6. The maximum absolute atomic E-state index is 13.4. The van der Waals surface area contributed by atoms with E-state index in [4.69, 9.17) is 28.4 Å². The highest BCUT2D eigenvalue weighted by molar-refractivity contribution is 5.76. The van der Waals surface area contributed by atoms with E-state index in [1.807, 2.05) is 0 Å². The molecule has 3 rings (SSSR count). The molecule has 17 atom stereocenters. The first-order valence-corrected chi connectivity index (χ1v) is 34.1. The summed E-state index contributed by atoms with van der Waals surface area (Å²) in [5.74, 6) is -0.255. The maximum Gasteiger partial charge on any atom is 0.220 e. The number of nitrogens with one attached hydrogen (secondary N) is 1. The van der Waals surface area contributed by atoms with Crippen molar-refractivity contribution in [3.63, 3.8) is 0 Å². The molecule has 85 heavy (non-hydrogen) atoms. The Balaban J connectivity index is 1.42. The number of hydrogen-bond acceptors (Lipinski definition) is 18. The van der Waals surface area contributed by atoms with Gasteiger partial charge >= 0.3 is 0 Å². The minimum Gasteiger partial charge on any atom is -0.394 e. The van der Waals surface area contributed by atoms with Crippen molar-refractivity contribution in [3.05, 3.63) is 24.3 Å². The highest BCUT2D eigenvalue weighted by Crippen LogP contribution is 2.33. The molecule has 500 valence electrons. The Labute approximate surface area is 511 Å². The van der Waals surface area contributed by atoms with Gasteiger partial charge in [-0.1, -0.05) is 237 Å². The van der Waals surface area contributed by atoms with Crippen LogP contribution in [0.4, 0.5) is 0 Å². The minimum atomic E-state index is -1.97. The lowest BCUT2D eigenvalue weighted by atomic mass is 9.96. The van der Waals surface area contributed by atoms with Gasteiger partial charge in [-0.25, -0.2) is 0 Å². The summed E-state index contributed by atoms with van der Waals surface area (Å²) in [5, 5.41) is 121. The standard InChI is InChI=1S/C66H123NO18/c1-3-5-7-9-11-13-15-17-19-20-21-22-23-24-25-26-27-28-29-30-31-33-35-37-39-41-43-50(71)49(67-54(72)44-42-40-38-36-34-32-18-16-14-12-10-8-6-4-2)48-80-64-60(78)57(75)62(52(46-69)82-64)85-66-61(79)58(76)63(53(47-70)83-66)84-65-59(77)56(74)55(73)51(45-68)81-65/h10,12,16,18,49-53,55-66,68-71,73-79H,3-9,11,13-15,17,19-48H2,1-2H3,(H,67,72)/b12-10-,18-16-. The van der Waals surface area contributed by atoms with Gasteiger partial charge in [0, 0.05) is 6.42 Å². The van der Waals surface area contributed by atoms with Crippen LogP contribution in [-0.2, 0) is 33.2 Å². The Hall–Kier alpha value is -1.73. The van der Waals surface area contributed by atoms with Crippen LogP contribution in [0, 0.1) is 0 Å². The highest BCUT2D eigenvalue weighted by atomic mass is 16.8. The predicted octanol–water partition coefficient (Wildman–Crippen LogP) is 8.27. The van der Waals surface area contributed by atoms with Gasteiger partial charge in [0.1, 0.15) is 73.2 Å². The topological polar surface area (TPSA) is 307 Å². The van der Waals surface area contributed by atoms with Crippen molar-refractivity contribution >= 4 is 5.91 Å². The number of allylic oxidation sites excluding steroid dienone is 4. The molecule has 12 N–H and O–H groups in total. The number of amides is 1. The van der Waals surface area contributed by atoms with Crippen LogP contribution in [0.5, 0.6) is 0 Å². The molecule has 17 unspecified atom stereocenters. The third kappa shape index (κ3) is 31.7. The van der Waals surface area contributed by atoms with Gasteiger partial charge in [-0.05, 0) is 38.5 Å². The molecule has 0 bridgehead atoms. The van der Waals surface area contributed by atoms with Crippen molar-refractivity contribution in [3.8, 4) is 0 Å². The second-order valence-corrected chi connectivity index (χ2v) is 24.6. The average molecular weight is 1220 g/mol. The average Bonchev–Trinajstić information content (AvgIpc) is 3.58. The Kier molecular flexibility index (Phi) is 44.7. The van der Waals surface area contributed by atoms with Gasteiger partial charge in [0.05, 0.1) is 38.6 Å². The number of aliphatic hydroxyl groups excluding tert-OH is 11. The molecule has 3 aliphatic rings. The first-order valence-electron chi connectivity index (χ1n) is 34.1. The van der Waals surface area contributed by atoms with E-state index in [1.54, 1.807) is 0 Å². The fourth-order valence-corrected chi connectivity index (χ4v) is 11.7. The van der Waals surface area contributed by atoms with Crippen LogP contribution >= 0.6 is 0 Å². The van der Waals surface area contributed by atoms with Gasteiger partial charge in [0.2, 0.25) is 5.91 Å². The summed E-state index contributed by atoms with van der Waals surface area (Å²) in [6.07, 6.45) is 27.0. The monoisotopic (exact) mass is 1220 g/mol. The molecule has 0 aromatic rings. The molecule has 0 saturated carbocycles. The van der Waals surface area contributed by atoms with Crippen LogP contribution in [0.15, 0.2) is 24.3 Å². The highest BCUT2D eigenvalue weighted by Gasteiger charge is 2.53. The van der Waals surface area contributed by atoms with E-state index in [-0.39, 0.29) is 18.9 Å². The zero-order chi connectivity index (χ0) is 61.9. The first-order chi connectivity index (χ1) is 41.3. The summed E-state index contributed by atoms with van der Waals surface area (Å²) < 4.78 is 34.4. The van der Waals surface area contributed by atoms with Crippen LogP contribution in [0.2, 0.25) is 0 Å². The number of rotatable bonds is 52. The molecule has 0 aliphatic carbocycles. The summed E-state index contributed by atoms with van der Waals surface area (Å²) in [6.45, 7) is 1.76. The van der Waals surface area contributed by atoms with E-state index in [1.165, 1.54) is 154 Å². The van der Waals surface area contributed by atoms with E-state index >= 15 is 0 Å². The second kappa shape index (κ2) is 49.0. The van der Waals surface area contributed by atoms with Gasteiger partial charge in [-0.3, -0.25) is 4.79 Å². The molecule has 0 spiro atoms. The Morgan fingerprint density at radius 1 is 0.424 bits per heavy atom. The van der Waals surface area contributed by atoms with Gasteiger partial charge in [-0.15, -0.1) is 0 Å². The molecule has 3 fully saturated rings. The normalized spacial score (nSPS) is 29.1. The van der Waals surface area contributed by atoms with E-state index in [0.29, 0.717) is 12.8 Å². The molecule has 0 aromatic carbocycles. The third-order valence-corrected chi connectivity index (χ3v) is 17.3. The van der Waals surface area contributed by atoms with Gasteiger partial charge in [-0.2, -0.15) is 0 Å². The van der Waals surface area contributed by atoms with Crippen molar-refractivity contribution in [2.24, 2.45) is 0 Å². The van der Waals surface area contributed by atoms with Crippen LogP contribution in [0.3, 0.4) is 0 Å². The molecule has 0 radical (unpaired) electrons. The quantitative estimate of drug-likeness (QED) is 0.0201. The third-order valence-electron chi connectivity index (χ3n) is 17.3. The van der Waals surface area contributed by atoms with Crippen LogP contribution in [0.1, 0.15) is 258 Å². The summed E-state index contributed by atoms with van der Waals surface area (Å²) >= 11 is 0. The SMILES string of the molecule is CCCC/C=C\C/C=C\CCCCCCCC(=O)NC(COC1OC(CO)C(OC2OC(CO)C(OC3OC(CO)C(O)C(O)C3O)C(O)C2O)C(O)C1O)C(O)CCCCCCCCCCCCCCCCCCCCCCCCCCCC. The molecule has 19 nitrogen and oxygen atoms in total. The zero-order valence-corrected chi connectivity index (χ0v) is 52.6. The van der Waals surface area contributed by atoms with E-state index in [2.05, 4.69) is 43.5 Å². The van der Waals surface area contributed by atoms with Gasteiger partial charge < -0.3 is 89.9 Å². The Morgan fingerprint density at radius 3 is 1.24 bits per heavy atom. The molecule has 0 aromatic heterocycles. The summed E-state index contributed by atoms with van der Waals surface area (Å²) in [6, 6.07) is -0.893. The van der Waals surface area contributed by atoms with Crippen molar-refractivity contribution in [1.29, 1.82) is 0 Å². The Bertz CT molecular complexity index is 1640. The lowest BCUT2D eigenvalue weighted by Crippen LogP contribution is -2.66. The van der Waals surface area contributed by atoms with Crippen LogP contribution < -0.4 is 5.32 Å². The zero-order valence-electron chi connectivity index (χ0n) is 52.6. The maximum atomic E-state index is 13.4. The number of hydrogen-bond donors (Lipinski definition) is 12. The van der Waals surface area contributed by atoms with Gasteiger partial charge in [0.25, 0.3) is 0 Å². The molecule has 19 heteroatoms. The fourth-order valence-electron chi connectivity index (χ4n) is 11.7. The molecule has 3 saturated heterocycles. The molecule has 3 aliphatic heterocycles. The van der Waals surface area contributed by atoms with Crippen molar-refractivity contribution < 1.29 is 89.4 Å². The largest absolute Gasteiger partial charge is 0.394 e. The lowest BCUT2D eigenvalue weighted by molar-refractivity contribution is -0.379. The van der Waals surface area contributed by atoms with E-state index in [9.17, 15) is 61.0 Å². The van der Waals surface area contributed by atoms with Crippen molar-refractivity contribution in [2.45, 2.75) is 362 Å². The predicted molar refractivity (Wildman–Crippen MR) is 328 cm³/mol. The molecule has 3 heterocycles. The van der Waals surface area contributed by atoms with E-state index in [0.717, 1.165) is 70.6 Å². The molecular formula is C66H123NO18. The molecule has 1 amide bonds. The summed E-state index contributed by atoms with van der Waals surface area (Å²) in [5.41, 5.74) is 0. The summed E-state index contributed by atoms with van der Waals surface area (Å²) in [4.78, 5) is 13.4. The fraction of sp³-hybridized carbons (Fsp3) is 0.924. The number of carbonyl (C=O) groups excluding carboxylic acids is 1. The number of aliphatic hydroxyl groups is 11. The summed E-state index contributed by atoms with van der Waals surface area (Å²) in [7, 11) is 0. The smallest absolute Gasteiger partial charge is 0.220 e. The first kappa shape index (κ1) is 77.5. The van der Waals surface area contributed by atoms with Crippen LogP contribution in [0.25, 0.3) is 0 Å². The van der Waals surface area contributed by atoms with E-state index < -0.39 is 124 Å². The van der Waals surface area contributed by atoms with Crippen molar-refractivity contribution in [1.82, 2.24) is 5.32 Å². The Morgan fingerprint density at radius 2 is 0.788 bits per heavy atom. The number of carbonyl (C=O) groups is 1. The van der Waals surface area contributed by atoms with Crippen LogP contribution in [-0.4, -0.2) is 193 Å².